The van der Waals surface area contributed by atoms with Gasteiger partial charge in [-0.05, 0) is 36.6 Å². The highest BCUT2D eigenvalue weighted by molar-refractivity contribution is 7.14. The van der Waals surface area contributed by atoms with Gasteiger partial charge in [-0.15, -0.1) is 11.3 Å². The maximum absolute atomic E-state index is 14.4. The van der Waals surface area contributed by atoms with Crippen molar-refractivity contribution < 1.29 is 9.18 Å². The number of amides is 1. The minimum Gasteiger partial charge on any atom is -0.326 e. The van der Waals surface area contributed by atoms with Crippen LogP contribution in [0.5, 0.6) is 0 Å². The van der Waals surface area contributed by atoms with Crippen LogP contribution in [0.3, 0.4) is 0 Å². The molecule has 1 aromatic carbocycles. The molecule has 0 saturated heterocycles. The highest BCUT2D eigenvalue weighted by atomic mass is 32.1. The van der Waals surface area contributed by atoms with E-state index < -0.39 is 5.82 Å². The van der Waals surface area contributed by atoms with Gasteiger partial charge < -0.3 is 9.88 Å². The summed E-state index contributed by atoms with van der Waals surface area (Å²) in [5.41, 5.74) is 2.56. The summed E-state index contributed by atoms with van der Waals surface area (Å²) in [6.07, 6.45) is 3.45. The molecule has 8 heteroatoms. The summed E-state index contributed by atoms with van der Waals surface area (Å²) in [6, 6.07) is 6.61. The standard InChI is InChI=1S/C19H15FN4OS2/c1-12-21-5-6-24(12)17-3-2-14(8-16(17)20)22-18(25)9-15-11-27-19(23-15)13-4-7-26-10-13/h2-8,10-11H,9H2,1H3,(H,22,25). The van der Waals surface area contributed by atoms with Gasteiger partial charge in [-0.1, -0.05) is 0 Å². The molecule has 0 radical (unpaired) electrons. The number of anilines is 1. The molecule has 0 atom stereocenters. The Morgan fingerprint density at radius 3 is 2.89 bits per heavy atom. The van der Waals surface area contributed by atoms with Gasteiger partial charge in [-0.2, -0.15) is 11.3 Å². The van der Waals surface area contributed by atoms with Crippen molar-refractivity contribution >= 4 is 34.3 Å². The maximum Gasteiger partial charge on any atom is 0.230 e. The topological polar surface area (TPSA) is 59.8 Å². The molecule has 3 heterocycles. The van der Waals surface area contributed by atoms with Crippen LogP contribution in [0, 0.1) is 12.7 Å². The number of benzene rings is 1. The number of halogens is 1. The summed E-state index contributed by atoms with van der Waals surface area (Å²) in [4.78, 5) is 20.9. The zero-order valence-corrected chi connectivity index (χ0v) is 16.0. The Bertz CT molecular complexity index is 1090. The van der Waals surface area contributed by atoms with Gasteiger partial charge in [0, 0.05) is 34.4 Å². The predicted molar refractivity (Wildman–Crippen MR) is 106 cm³/mol. The fraction of sp³-hybridized carbons (Fsp3) is 0.105. The molecule has 5 nitrogen and oxygen atoms in total. The molecule has 1 N–H and O–H groups in total. The van der Waals surface area contributed by atoms with Crippen LogP contribution in [0.4, 0.5) is 10.1 Å². The summed E-state index contributed by atoms with van der Waals surface area (Å²) < 4.78 is 16.1. The fourth-order valence-corrected chi connectivity index (χ4v) is 4.22. The first kappa shape index (κ1) is 17.6. The van der Waals surface area contributed by atoms with E-state index in [1.165, 1.54) is 17.4 Å². The average Bonchev–Trinajstić information content (AvgIpc) is 3.36. The van der Waals surface area contributed by atoms with Crippen molar-refractivity contribution in [3.8, 4) is 16.3 Å². The Morgan fingerprint density at radius 1 is 1.30 bits per heavy atom. The molecule has 0 bridgehead atoms. The summed E-state index contributed by atoms with van der Waals surface area (Å²) in [6.45, 7) is 1.80. The number of aromatic nitrogens is 3. The normalized spacial score (nSPS) is 10.9. The lowest BCUT2D eigenvalue weighted by Gasteiger charge is -2.09. The van der Waals surface area contributed by atoms with Gasteiger partial charge in [0.1, 0.15) is 16.6 Å². The molecule has 0 unspecified atom stereocenters. The summed E-state index contributed by atoms with van der Waals surface area (Å²) in [5.74, 6) is 0.0288. The first-order valence-corrected chi connectivity index (χ1v) is 9.99. The Morgan fingerprint density at radius 2 is 2.19 bits per heavy atom. The number of hydrogen-bond donors (Lipinski definition) is 1. The van der Waals surface area contributed by atoms with Crippen molar-refractivity contribution in [1.82, 2.24) is 14.5 Å². The van der Waals surface area contributed by atoms with Crippen LogP contribution in [0.15, 0.2) is 52.8 Å². The molecular formula is C19H15FN4OS2. The monoisotopic (exact) mass is 398 g/mol. The van der Waals surface area contributed by atoms with Gasteiger partial charge in [-0.3, -0.25) is 4.79 Å². The molecule has 0 saturated carbocycles. The largest absolute Gasteiger partial charge is 0.326 e. The van der Waals surface area contributed by atoms with Gasteiger partial charge in [-0.25, -0.2) is 14.4 Å². The summed E-state index contributed by atoms with van der Waals surface area (Å²) in [5, 5.41) is 9.51. The van der Waals surface area contributed by atoms with E-state index in [0.29, 0.717) is 22.9 Å². The molecule has 136 valence electrons. The molecule has 0 spiro atoms. The first-order valence-electron chi connectivity index (χ1n) is 8.17. The molecule has 0 aliphatic heterocycles. The fourth-order valence-electron chi connectivity index (χ4n) is 2.69. The van der Waals surface area contributed by atoms with Crippen LogP contribution in [0.2, 0.25) is 0 Å². The highest BCUT2D eigenvalue weighted by Gasteiger charge is 2.12. The third-order valence-electron chi connectivity index (χ3n) is 3.98. The van der Waals surface area contributed by atoms with E-state index in [1.54, 1.807) is 47.4 Å². The summed E-state index contributed by atoms with van der Waals surface area (Å²) in [7, 11) is 0. The molecule has 0 fully saturated rings. The van der Waals surface area contributed by atoms with E-state index in [9.17, 15) is 9.18 Å². The lowest BCUT2D eigenvalue weighted by Crippen LogP contribution is -2.15. The molecule has 4 rings (SSSR count). The van der Waals surface area contributed by atoms with Gasteiger partial charge in [0.25, 0.3) is 0 Å². The zero-order valence-electron chi connectivity index (χ0n) is 14.3. The number of carbonyl (C=O) groups excluding carboxylic acids is 1. The summed E-state index contributed by atoms with van der Waals surface area (Å²) >= 11 is 3.11. The van der Waals surface area contributed by atoms with E-state index in [-0.39, 0.29) is 12.3 Å². The van der Waals surface area contributed by atoms with Crippen molar-refractivity contribution in [3.05, 3.63) is 70.1 Å². The molecule has 1 amide bonds. The number of imidazole rings is 1. The van der Waals surface area contributed by atoms with Gasteiger partial charge in [0.05, 0.1) is 17.8 Å². The molecule has 3 aromatic heterocycles. The minimum absolute atomic E-state index is 0.143. The van der Waals surface area contributed by atoms with E-state index in [4.69, 9.17) is 0 Å². The predicted octanol–water partition coefficient (Wildman–Crippen LogP) is 4.69. The van der Waals surface area contributed by atoms with Crippen LogP contribution in [0.25, 0.3) is 16.3 Å². The van der Waals surface area contributed by atoms with Crippen molar-refractivity contribution in [3.63, 3.8) is 0 Å². The number of aryl methyl sites for hydroxylation is 1. The van der Waals surface area contributed by atoms with Crippen molar-refractivity contribution in [2.45, 2.75) is 13.3 Å². The minimum atomic E-state index is -0.428. The van der Waals surface area contributed by atoms with Crippen LogP contribution in [-0.2, 0) is 11.2 Å². The van der Waals surface area contributed by atoms with Crippen LogP contribution in [0.1, 0.15) is 11.5 Å². The smallest absolute Gasteiger partial charge is 0.230 e. The third-order valence-corrected chi connectivity index (χ3v) is 5.60. The van der Waals surface area contributed by atoms with E-state index in [2.05, 4.69) is 15.3 Å². The molecular weight excluding hydrogens is 383 g/mol. The second-order valence-corrected chi connectivity index (χ2v) is 7.53. The Balaban J connectivity index is 1.44. The van der Waals surface area contributed by atoms with Crippen molar-refractivity contribution in [2.75, 3.05) is 5.32 Å². The number of hydrogen-bond acceptors (Lipinski definition) is 5. The van der Waals surface area contributed by atoms with Crippen molar-refractivity contribution in [2.24, 2.45) is 0 Å². The highest BCUT2D eigenvalue weighted by Crippen LogP contribution is 2.26. The van der Waals surface area contributed by atoms with Crippen molar-refractivity contribution in [1.29, 1.82) is 0 Å². The van der Waals surface area contributed by atoms with Crippen LogP contribution >= 0.6 is 22.7 Å². The van der Waals surface area contributed by atoms with E-state index >= 15 is 0 Å². The number of carbonyl (C=O) groups is 1. The Kier molecular flexibility index (Phi) is 4.83. The number of nitrogens with zero attached hydrogens (tertiary/aromatic N) is 3. The lowest BCUT2D eigenvalue weighted by molar-refractivity contribution is -0.115. The molecule has 27 heavy (non-hydrogen) atoms. The second-order valence-electron chi connectivity index (χ2n) is 5.89. The number of rotatable bonds is 5. The quantitative estimate of drug-likeness (QED) is 0.531. The SMILES string of the molecule is Cc1nccn1-c1ccc(NC(=O)Cc2csc(-c3ccsc3)n2)cc1F. The van der Waals surface area contributed by atoms with Gasteiger partial charge in [0.2, 0.25) is 5.91 Å². The average molecular weight is 398 g/mol. The van der Waals surface area contributed by atoms with Gasteiger partial charge >= 0.3 is 0 Å². The first-order chi connectivity index (χ1) is 13.1. The van der Waals surface area contributed by atoms with Gasteiger partial charge in [0.15, 0.2) is 0 Å². The lowest BCUT2D eigenvalue weighted by atomic mass is 10.2. The molecule has 0 aliphatic carbocycles. The molecule has 4 aromatic rings. The number of thiophene rings is 1. The number of thiazole rings is 1. The number of nitrogens with one attached hydrogen (secondary N) is 1. The van der Waals surface area contributed by atoms with E-state index in [1.807, 2.05) is 22.2 Å². The van der Waals surface area contributed by atoms with E-state index in [0.717, 1.165) is 10.6 Å². The third kappa shape index (κ3) is 3.81. The zero-order chi connectivity index (χ0) is 18.8. The maximum atomic E-state index is 14.4. The Hall–Kier alpha value is -2.84. The molecule has 0 aliphatic rings. The Labute approximate surface area is 163 Å². The second kappa shape index (κ2) is 7.42. The van der Waals surface area contributed by atoms with Crippen LogP contribution in [-0.4, -0.2) is 20.4 Å². The van der Waals surface area contributed by atoms with Crippen LogP contribution < -0.4 is 5.32 Å².